The van der Waals surface area contributed by atoms with E-state index in [-0.39, 0.29) is 17.8 Å². The van der Waals surface area contributed by atoms with Crippen LogP contribution in [0.15, 0.2) is 73.3 Å². The van der Waals surface area contributed by atoms with Crippen molar-refractivity contribution in [3.05, 3.63) is 78.9 Å². The van der Waals surface area contributed by atoms with Crippen molar-refractivity contribution < 1.29 is 9.53 Å². The van der Waals surface area contributed by atoms with Crippen LogP contribution >= 0.6 is 0 Å². The van der Waals surface area contributed by atoms with Crippen molar-refractivity contribution in [2.24, 2.45) is 5.92 Å². The Bertz CT molecular complexity index is 1290. The molecule has 0 bridgehead atoms. The van der Waals surface area contributed by atoms with E-state index in [9.17, 15) is 4.79 Å². The van der Waals surface area contributed by atoms with Crippen LogP contribution in [-0.4, -0.2) is 33.0 Å². The quantitative estimate of drug-likeness (QED) is 0.402. The lowest BCUT2D eigenvalue weighted by molar-refractivity contribution is -0.122. The lowest BCUT2D eigenvalue weighted by atomic mass is 9.72. The molecule has 8 heteroatoms. The Labute approximate surface area is 204 Å². The van der Waals surface area contributed by atoms with Crippen LogP contribution in [0.4, 0.5) is 11.8 Å². The average molecular weight is 469 g/mol. The molecule has 1 atom stereocenters. The third-order valence-electron chi connectivity index (χ3n) is 6.40. The maximum absolute atomic E-state index is 13.5. The van der Waals surface area contributed by atoms with Gasteiger partial charge in [0.15, 0.2) is 0 Å². The van der Waals surface area contributed by atoms with Crippen LogP contribution in [0, 0.1) is 5.92 Å². The molecule has 0 radical (unpaired) electrons. The summed E-state index contributed by atoms with van der Waals surface area (Å²) in [6.45, 7) is 6.02. The standard InChI is InChI=1S/C27H28N6O2/c1-17(2)27(3,22-9-5-18(6-10-22)21-15-31-26(28)32-16-21)25(34)33-23-11-7-19(13-29-23)20-8-12-24(35-4)30-14-20/h5-17H,1-4H3,(H2,28,31,32)(H,29,33,34). The van der Waals surface area contributed by atoms with Gasteiger partial charge in [-0.15, -0.1) is 0 Å². The molecule has 0 saturated heterocycles. The van der Waals surface area contributed by atoms with Gasteiger partial charge in [-0.1, -0.05) is 38.1 Å². The van der Waals surface area contributed by atoms with E-state index in [2.05, 4.69) is 25.3 Å². The molecule has 3 aromatic heterocycles. The summed E-state index contributed by atoms with van der Waals surface area (Å²) in [7, 11) is 1.58. The van der Waals surface area contributed by atoms with Crippen molar-refractivity contribution in [1.82, 2.24) is 19.9 Å². The number of nitrogens with one attached hydrogen (secondary N) is 1. The summed E-state index contributed by atoms with van der Waals surface area (Å²) >= 11 is 0. The maximum Gasteiger partial charge on any atom is 0.236 e. The highest BCUT2D eigenvalue weighted by Gasteiger charge is 2.38. The van der Waals surface area contributed by atoms with Gasteiger partial charge in [-0.2, -0.15) is 0 Å². The van der Waals surface area contributed by atoms with Crippen molar-refractivity contribution in [2.45, 2.75) is 26.2 Å². The van der Waals surface area contributed by atoms with Crippen LogP contribution in [0.1, 0.15) is 26.3 Å². The van der Waals surface area contributed by atoms with Gasteiger partial charge in [0.05, 0.1) is 12.5 Å². The van der Waals surface area contributed by atoms with Crippen LogP contribution in [0.3, 0.4) is 0 Å². The second-order valence-corrected chi connectivity index (χ2v) is 8.74. The number of anilines is 2. The summed E-state index contributed by atoms with van der Waals surface area (Å²) in [6, 6.07) is 15.3. The number of amides is 1. The lowest BCUT2D eigenvalue weighted by Gasteiger charge is -2.33. The predicted octanol–water partition coefficient (Wildman–Crippen LogP) is 4.74. The lowest BCUT2D eigenvalue weighted by Crippen LogP contribution is -2.42. The largest absolute Gasteiger partial charge is 0.481 e. The number of hydrogen-bond acceptors (Lipinski definition) is 7. The fraction of sp³-hybridized carbons (Fsp3) is 0.222. The summed E-state index contributed by atoms with van der Waals surface area (Å²) in [5.41, 5.74) is 9.34. The number of hydrogen-bond donors (Lipinski definition) is 2. The first-order valence-electron chi connectivity index (χ1n) is 11.3. The summed E-state index contributed by atoms with van der Waals surface area (Å²) in [6.07, 6.45) is 6.81. The minimum atomic E-state index is -0.767. The molecule has 3 N–H and O–H groups in total. The molecule has 35 heavy (non-hydrogen) atoms. The SMILES string of the molecule is COc1ccc(-c2ccc(NC(=O)C(C)(c3ccc(-c4cnc(N)nc4)cc3)C(C)C)nc2)cn1. The molecule has 8 nitrogen and oxygen atoms in total. The summed E-state index contributed by atoms with van der Waals surface area (Å²) < 4.78 is 5.10. The van der Waals surface area contributed by atoms with E-state index in [0.29, 0.717) is 11.7 Å². The Hall–Kier alpha value is -4.33. The van der Waals surface area contributed by atoms with Crippen molar-refractivity contribution in [2.75, 3.05) is 18.2 Å². The minimum Gasteiger partial charge on any atom is -0.481 e. The first-order valence-corrected chi connectivity index (χ1v) is 11.3. The zero-order valence-corrected chi connectivity index (χ0v) is 20.2. The monoisotopic (exact) mass is 468 g/mol. The molecule has 178 valence electrons. The van der Waals surface area contributed by atoms with Crippen LogP contribution in [0.2, 0.25) is 0 Å². The van der Waals surface area contributed by atoms with Gasteiger partial charge in [0.25, 0.3) is 0 Å². The van der Waals surface area contributed by atoms with Gasteiger partial charge in [0.1, 0.15) is 5.82 Å². The fourth-order valence-electron chi connectivity index (χ4n) is 3.78. The number of aromatic nitrogens is 4. The van der Waals surface area contributed by atoms with Crippen LogP contribution in [0.5, 0.6) is 5.88 Å². The minimum absolute atomic E-state index is 0.0397. The summed E-state index contributed by atoms with van der Waals surface area (Å²) in [4.78, 5) is 30.3. The van der Waals surface area contributed by atoms with E-state index in [1.54, 1.807) is 44.0 Å². The second-order valence-electron chi connectivity index (χ2n) is 8.74. The molecule has 4 aromatic rings. The zero-order valence-electron chi connectivity index (χ0n) is 20.2. The smallest absolute Gasteiger partial charge is 0.236 e. The Morgan fingerprint density at radius 2 is 1.40 bits per heavy atom. The molecule has 1 unspecified atom stereocenters. The number of benzene rings is 1. The molecule has 0 saturated carbocycles. The molecule has 4 rings (SSSR count). The average Bonchev–Trinajstić information content (AvgIpc) is 2.89. The van der Waals surface area contributed by atoms with Gasteiger partial charge in [-0.3, -0.25) is 4.79 Å². The van der Waals surface area contributed by atoms with E-state index in [1.807, 2.05) is 57.2 Å². The van der Waals surface area contributed by atoms with Gasteiger partial charge in [0.2, 0.25) is 17.7 Å². The van der Waals surface area contributed by atoms with E-state index < -0.39 is 5.41 Å². The number of nitrogens with two attached hydrogens (primary N) is 1. The van der Waals surface area contributed by atoms with Crippen molar-refractivity contribution in [1.29, 1.82) is 0 Å². The normalized spacial score (nSPS) is 12.7. The topological polar surface area (TPSA) is 116 Å². The first kappa shape index (κ1) is 23.8. The molecule has 0 spiro atoms. The molecular formula is C27H28N6O2. The van der Waals surface area contributed by atoms with Crippen LogP contribution in [0.25, 0.3) is 22.3 Å². The number of rotatable bonds is 7. The molecule has 0 fully saturated rings. The molecule has 0 aliphatic carbocycles. The number of carbonyl (C=O) groups excluding carboxylic acids is 1. The van der Waals surface area contributed by atoms with Gasteiger partial charge < -0.3 is 15.8 Å². The number of ether oxygens (including phenoxy) is 1. The molecule has 0 aliphatic rings. The van der Waals surface area contributed by atoms with Crippen molar-refractivity contribution in [3.8, 4) is 28.1 Å². The van der Waals surface area contributed by atoms with Gasteiger partial charge >= 0.3 is 0 Å². The van der Waals surface area contributed by atoms with Crippen LogP contribution in [-0.2, 0) is 10.2 Å². The number of pyridine rings is 2. The molecule has 3 heterocycles. The van der Waals surface area contributed by atoms with Gasteiger partial charge in [-0.25, -0.2) is 19.9 Å². The molecule has 1 amide bonds. The van der Waals surface area contributed by atoms with E-state index in [0.717, 1.165) is 27.8 Å². The summed E-state index contributed by atoms with van der Waals surface area (Å²) in [5, 5.41) is 2.99. The third-order valence-corrected chi connectivity index (χ3v) is 6.40. The Balaban J connectivity index is 1.53. The second kappa shape index (κ2) is 9.89. The van der Waals surface area contributed by atoms with Crippen LogP contribution < -0.4 is 15.8 Å². The Morgan fingerprint density at radius 1 is 0.829 bits per heavy atom. The molecule has 1 aromatic carbocycles. The van der Waals surface area contributed by atoms with Gasteiger partial charge in [-0.05, 0) is 42.2 Å². The Morgan fingerprint density at radius 3 is 1.91 bits per heavy atom. The number of carbonyl (C=O) groups is 1. The highest BCUT2D eigenvalue weighted by atomic mass is 16.5. The first-order chi connectivity index (χ1) is 16.8. The number of nitrogen functional groups attached to an aromatic ring is 1. The highest BCUT2D eigenvalue weighted by molar-refractivity contribution is 5.98. The number of methoxy groups -OCH3 is 1. The maximum atomic E-state index is 13.5. The summed E-state index contributed by atoms with van der Waals surface area (Å²) in [5.74, 6) is 1.19. The molecule has 0 aliphatic heterocycles. The van der Waals surface area contributed by atoms with Crippen molar-refractivity contribution in [3.63, 3.8) is 0 Å². The highest BCUT2D eigenvalue weighted by Crippen LogP contribution is 2.35. The van der Waals surface area contributed by atoms with Crippen molar-refractivity contribution >= 4 is 17.7 Å². The zero-order chi connectivity index (χ0) is 25.0. The van der Waals surface area contributed by atoms with Gasteiger partial charge in [0, 0.05) is 47.5 Å². The number of nitrogens with zero attached hydrogens (tertiary/aromatic N) is 4. The Kier molecular flexibility index (Phi) is 6.73. The van der Waals surface area contributed by atoms with E-state index in [4.69, 9.17) is 10.5 Å². The fourth-order valence-corrected chi connectivity index (χ4v) is 3.78. The molecular weight excluding hydrogens is 440 g/mol. The van der Waals surface area contributed by atoms with E-state index in [1.165, 1.54) is 0 Å². The predicted molar refractivity (Wildman–Crippen MR) is 137 cm³/mol. The third kappa shape index (κ3) is 4.96. The van der Waals surface area contributed by atoms with E-state index >= 15 is 0 Å².